The fourth-order valence-corrected chi connectivity index (χ4v) is 5.39. The highest BCUT2D eigenvalue weighted by Crippen LogP contribution is 2.40. The van der Waals surface area contributed by atoms with Crippen LogP contribution in [0.2, 0.25) is 0 Å². The third kappa shape index (κ3) is 3.36. The van der Waals surface area contributed by atoms with Crippen LogP contribution in [0.15, 0.2) is 59.1 Å². The van der Waals surface area contributed by atoms with Gasteiger partial charge in [0.15, 0.2) is 0 Å². The van der Waals surface area contributed by atoms with Crippen LogP contribution in [0.25, 0.3) is 0 Å². The summed E-state index contributed by atoms with van der Waals surface area (Å²) in [6, 6.07) is 17.8. The Kier molecular flexibility index (Phi) is 4.86. The summed E-state index contributed by atoms with van der Waals surface area (Å²) in [7, 11) is 0. The largest absolute Gasteiger partial charge is 0.328 e. The van der Waals surface area contributed by atoms with Crippen molar-refractivity contribution in [2.24, 2.45) is 5.92 Å². The molecule has 0 aromatic heterocycles. The average Bonchev–Trinajstić information content (AvgIpc) is 3.07. The molecule has 2 aliphatic heterocycles. The van der Waals surface area contributed by atoms with Crippen LogP contribution >= 0.6 is 27.7 Å². The molecular formula is C19H20BrN3OS. The Hall–Kier alpha value is -1.34. The predicted molar refractivity (Wildman–Crippen MR) is 105 cm³/mol. The minimum absolute atomic E-state index is 0.0422. The zero-order chi connectivity index (χ0) is 17.3. The summed E-state index contributed by atoms with van der Waals surface area (Å²) >= 11 is 5.35. The molecule has 1 unspecified atom stereocenters. The van der Waals surface area contributed by atoms with E-state index in [0.717, 1.165) is 23.3 Å². The summed E-state index contributed by atoms with van der Waals surface area (Å²) < 4.78 is 1.08. The van der Waals surface area contributed by atoms with Gasteiger partial charge in [0.05, 0.1) is 5.54 Å². The van der Waals surface area contributed by atoms with Gasteiger partial charge in [0.2, 0.25) is 0 Å². The first-order chi connectivity index (χ1) is 12.2. The molecule has 0 radical (unpaired) electrons. The summed E-state index contributed by atoms with van der Waals surface area (Å²) in [4.78, 5) is 12.5. The second kappa shape index (κ2) is 7.11. The van der Waals surface area contributed by atoms with Gasteiger partial charge in [-0.15, -0.1) is 11.8 Å². The van der Waals surface area contributed by atoms with E-state index >= 15 is 0 Å². The molecule has 2 fully saturated rings. The maximum Gasteiger partial charge on any atom is 0.253 e. The Bertz CT molecular complexity index is 772. The van der Waals surface area contributed by atoms with Crippen molar-refractivity contribution in [3.05, 3.63) is 70.2 Å². The summed E-state index contributed by atoms with van der Waals surface area (Å²) in [5, 5.41) is 10.4. The van der Waals surface area contributed by atoms with Crippen molar-refractivity contribution in [2.45, 2.75) is 11.0 Å². The first-order valence-electron chi connectivity index (χ1n) is 8.39. The highest BCUT2D eigenvalue weighted by Gasteiger charge is 2.48. The molecule has 4 nitrogen and oxygen atoms in total. The predicted octanol–water partition coefficient (Wildman–Crippen LogP) is 2.91. The van der Waals surface area contributed by atoms with Crippen molar-refractivity contribution >= 4 is 33.6 Å². The molecule has 3 N–H and O–H groups in total. The van der Waals surface area contributed by atoms with Crippen LogP contribution in [0, 0.1) is 5.92 Å². The van der Waals surface area contributed by atoms with E-state index in [9.17, 15) is 4.79 Å². The van der Waals surface area contributed by atoms with Crippen LogP contribution in [0.4, 0.5) is 0 Å². The van der Waals surface area contributed by atoms with E-state index in [0.29, 0.717) is 11.5 Å². The van der Waals surface area contributed by atoms with Gasteiger partial charge in [-0.05, 0) is 29.8 Å². The van der Waals surface area contributed by atoms with E-state index in [1.165, 1.54) is 5.56 Å². The van der Waals surface area contributed by atoms with E-state index in [4.69, 9.17) is 0 Å². The quantitative estimate of drug-likeness (QED) is 0.718. The van der Waals surface area contributed by atoms with Crippen molar-refractivity contribution in [1.82, 2.24) is 16.0 Å². The van der Waals surface area contributed by atoms with Gasteiger partial charge in [-0.1, -0.05) is 46.3 Å². The minimum atomic E-state index is -0.149. The number of amides is 1. The van der Waals surface area contributed by atoms with Gasteiger partial charge >= 0.3 is 0 Å². The molecule has 6 heteroatoms. The zero-order valence-corrected chi connectivity index (χ0v) is 16.1. The number of hydrogen-bond donors (Lipinski definition) is 3. The molecule has 0 saturated carbocycles. The minimum Gasteiger partial charge on any atom is -0.328 e. The lowest BCUT2D eigenvalue weighted by Gasteiger charge is -2.44. The molecule has 2 aromatic carbocycles. The maximum atomic E-state index is 12.5. The monoisotopic (exact) mass is 417 g/mol. The molecule has 3 atom stereocenters. The fourth-order valence-electron chi connectivity index (χ4n) is 3.68. The molecule has 2 heterocycles. The Labute approximate surface area is 160 Å². The number of benzene rings is 2. The SMILES string of the molecule is O=C(NC1N[C@@]2(c3cccc(Br)c3)CNC[C@H]2CS1)c1ccccc1. The highest BCUT2D eigenvalue weighted by atomic mass is 79.9. The molecule has 4 rings (SSSR count). The summed E-state index contributed by atoms with van der Waals surface area (Å²) in [6.45, 7) is 1.86. The van der Waals surface area contributed by atoms with E-state index in [2.05, 4.69) is 50.1 Å². The normalized spacial score (nSPS) is 28.4. The van der Waals surface area contributed by atoms with Crippen LogP contribution in [0.5, 0.6) is 0 Å². The molecule has 2 aromatic rings. The van der Waals surface area contributed by atoms with Gasteiger partial charge in [0, 0.05) is 34.8 Å². The van der Waals surface area contributed by atoms with Crippen molar-refractivity contribution in [3.63, 3.8) is 0 Å². The smallest absolute Gasteiger partial charge is 0.253 e. The van der Waals surface area contributed by atoms with Gasteiger partial charge in [0.25, 0.3) is 5.91 Å². The third-order valence-electron chi connectivity index (χ3n) is 4.98. The van der Waals surface area contributed by atoms with Crippen molar-refractivity contribution < 1.29 is 4.79 Å². The number of rotatable bonds is 3. The lowest BCUT2D eigenvalue weighted by molar-refractivity contribution is 0.0933. The second-order valence-electron chi connectivity index (χ2n) is 6.51. The molecule has 0 aliphatic carbocycles. The van der Waals surface area contributed by atoms with Crippen molar-refractivity contribution in [2.75, 3.05) is 18.8 Å². The standard InChI is InChI=1S/C19H20BrN3OS/c20-16-8-4-7-14(9-16)19-12-21-10-15(19)11-25-18(23-19)22-17(24)13-5-2-1-3-6-13/h1-9,15,18,21,23H,10-12H2,(H,22,24)/t15-,18?,19+/m0/s1. The zero-order valence-electron chi connectivity index (χ0n) is 13.7. The third-order valence-corrected chi connectivity index (χ3v) is 6.64. The molecule has 0 spiro atoms. The number of carbonyl (C=O) groups excluding carboxylic acids is 1. The second-order valence-corrected chi connectivity index (χ2v) is 8.56. The van der Waals surface area contributed by atoms with Gasteiger partial charge in [-0.25, -0.2) is 0 Å². The van der Waals surface area contributed by atoms with Crippen molar-refractivity contribution in [1.29, 1.82) is 0 Å². The summed E-state index contributed by atoms with van der Waals surface area (Å²) in [5.41, 5.74) is 1.69. The van der Waals surface area contributed by atoms with Crippen LogP contribution in [-0.2, 0) is 5.54 Å². The van der Waals surface area contributed by atoms with Gasteiger partial charge in [0.1, 0.15) is 5.50 Å². The van der Waals surface area contributed by atoms with Gasteiger partial charge in [-0.3, -0.25) is 10.1 Å². The van der Waals surface area contributed by atoms with E-state index in [-0.39, 0.29) is 16.9 Å². The summed E-state index contributed by atoms with van der Waals surface area (Å²) in [6.07, 6.45) is 0. The number of nitrogens with one attached hydrogen (secondary N) is 3. The number of halogens is 1. The molecule has 25 heavy (non-hydrogen) atoms. The Balaban J connectivity index is 1.56. The van der Waals surface area contributed by atoms with Crippen LogP contribution in [-0.4, -0.2) is 30.2 Å². The van der Waals surface area contributed by atoms with Crippen LogP contribution in [0.1, 0.15) is 15.9 Å². The molecular weight excluding hydrogens is 398 g/mol. The molecule has 130 valence electrons. The molecule has 2 aliphatic rings. The van der Waals surface area contributed by atoms with Crippen LogP contribution in [0.3, 0.4) is 0 Å². The first-order valence-corrected chi connectivity index (χ1v) is 10.2. The van der Waals surface area contributed by atoms with Crippen molar-refractivity contribution in [3.8, 4) is 0 Å². The van der Waals surface area contributed by atoms with E-state index in [1.807, 2.05) is 36.4 Å². The molecule has 1 amide bonds. The maximum absolute atomic E-state index is 12.5. The topological polar surface area (TPSA) is 53.2 Å². The molecule has 2 saturated heterocycles. The van der Waals surface area contributed by atoms with E-state index < -0.39 is 0 Å². The highest BCUT2D eigenvalue weighted by molar-refractivity contribution is 9.10. The first kappa shape index (κ1) is 17.1. The average molecular weight is 418 g/mol. The summed E-state index contributed by atoms with van der Waals surface area (Å²) in [5.74, 6) is 1.46. The fraction of sp³-hybridized carbons (Fsp3) is 0.316. The molecule has 0 bridgehead atoms. The lowest BCUT2D eigenvalue weighted by atomic mass is 9.81. The number of thioether (sulfide) groups is 1. The number of fused-ring (bicyclic) bond motifs is 1. The Morgan fingerprint density at radius 1 is 1.20 bits per heavy atom. The number of hydrogen-bond acceptors (Lipinski definition) is 4. The van der Waals surface area contributed by atoms with Gasteiger partial charge < -0.3 is 10.6 Å². The van der Waals surface area contributed by atoms with E-state index in [1.54, 1.807) is 11.8 Å². The van der Waals surface area contributed by atoms with Gasteiger partial charge in [-0.2, -0.15) is 0 Å². The lowest BCUT2D eigenvalue weighted by Crippen LogP contribution is -2.60. The Morgan fingerprint density at radius 3 is 2.84 bits per heavy atom. The van der Waals surface area contributed by atoms with Crippen LogP contribution < -0.4 is 16.0 Å². The number of carbonyl (C=O) groups is 1. The Morgan fingerprint density at radius 2 is 2.04 bits per heavy atom.